The molecule has 29 heavy (non-hydrogen) atoms. The van der Waals surface area contributed by atoms with Crippen LogP contribution in [-0.4, -0.2) is 27.1 Å². The molecular formula is C23H32N2O3S. The van der Waals surface area contributed by atoms with E-state index in [1.54, 1.807) is 12.1 Å². The van der Waals surface area contributed by atoms with Gasteiger partial charge in [0.05, 0.1) is 18.0 Å². The van der Waals surface area contributed by atoms with Crippen molar-refractivity contribution in [2.24, 2.45) is 0 Å². The van der Waals surface area contributed by atoms with Crippen LogP contribution in [0.1, 0.15) is 61.4 Å². The Morgan fingerprint density at radius 2 is 1.59 bits per heavy atom. The molecule has 0 aliphatic carbocycles. The second kappa shape index (κ2) is 9.44. The van der Waals surface area contributed by atoms with Crippen molar-refractivity contribution in [3.05, 3.63) is 64.7 Å². The molecule has 0 bridgehead atoms. The van der Waals surface area contributed by atoms with Crippen molar-refractivity contribution in [2.45, 2.75) is 53.0 Å². The predicted molar refractivity (Wildman–Crippen MR) is 120 cm³/mol. The van der Waals surface area contributed by atoms with Gasteiger partial charge in [-0.25, -0.2) is 8.42 Å². The minimum atomic E-state index is -3.59. The molecule has 2 aromatic carbocycles. The fraction of sp³-hybridized carbons (Fsp3) is 0.435. The fourth-order valence-corrected chi connectivity index (χ4v) is 4.05. The van der Waals surface area contributed by atoms with Crippen molar-refractivity contribution in [1.82, 2.24) is 5.32 Å². The molecule has 5 nitrogen and oxygen atoms in total. The monoisotopic (exact) mass is 416 g/mol. The summed E-state index contributed by atoms with van der Waals surface area (Å²) in [6.07, 6.45) is 1.84. The van der Waals surface area contributed by atoms with Crippen LogP contribution in [0.4, 0.5) is 5.69 Å². The van der Waals surface area contributed by atoms with E-state index >= 15 is 0 Å². The van der Waals surface area contributed by atoms with Crippen LogP contribution in [-0.2, 0) is 14.8 Å². The van der Waals surface area contributed by atoms with Gasteiger partial charge >= 0.3 is 0 Å². The Labute approximate surface area is 175 Å². The van der Waals surface area contributed by atoms with Crippen molar-refractivity contribution in [1.29, 1.82) is 0 Å². The van der Waals surface area contributed by atoms with Gasteiger partial charge in [0.2, 0.25) is 15.9 Å². The standard InChI is InChI=1S/C23H32N2O3S/c1-7-22(20-9-8-17(4)18(5)14-20)24-23(26)15-25(29(6,27)28)21-12-10-19(11-13-21)16(2)3/h8-14,16,22H,7,15H2,1-6H3,(H,24,26). The van der Waals surface area contributed by atoms with Gasteiger partial charge in [0, 0.05) is 0 Å². The lowest BCUT2D eigenvalue weighted by atomic mass is 9.99. The van der Waals surface area contributed by atoms with E-state index in [9.17, 15) is 13.2 Å². The van der Waals surface area contributed by atoms with Crippen LogP contribution in [0.15, 0.2) is 42.5 Å². The van der Waals surface area contributed by atoms with Gasteiger partial charge in [0.25, 0.3) is 0 Å². The smallest absolute Gasteiger partial charge is 0.241 e. The number of aryl methyl sites for hydroxylation is 2. The molecule has 0 aliphatic heterocycles. The number of carbonyl (C=O) groups is 1. The zero-order chi connectivity index (χ0) is 21.8. The van der Waals surface area contributed by atoms with E-state index in [1.807, 2.05) is 45.0 Å². The molecule has 158 valence electrons. The topological polar surface area (TPSA) is 66.5 Å². The van der Waals surface area contributed by atoms with Gasteiger partial charge in [-0.3, -0.25) is 9.10 Å². The number of rotatable bonds is 8. The summed E-state index contributed by atoms with van der Waals surface area (Å²) in [5.74, 6) is 0.0238. The maximum absolute atomic E-state index is 12.7. The number of carbonyl (C=O) groups excluding carboxylic acids is 1. The third kappa shape index (κ3) is 6.07. The highest BCUT2D eigenvalue weighted by Gasteiger charge is 2.22. The van der Waals surface area contributed by atoms with Gasteiger partial charge in [0.1, 0.15) is 6.54 Å². The second-order valence-corrected chi connectivity index (χ2v) is 9.79. The molecule has 0 aliphatic rings. The Bertz CT molecular complexity index is 951. The summed E-state index contributed by atoms with van der Waals surface area (Å²) in [4.78, 5) is 12.7. The lowest BCUT2D eigenvalue weighted by Crippen LogP contribution is -2.41. The number of amides is 1. The van der Waals surface area contributed by atoms with Gasteiger partial charge < -0.3 is 5.32 Å². The Kier molecular flexibility index (Phi) is 7.47. The number of sulfonamides is 1. The van der Waals surface area contributed by atoms with Crippen molar-refractivity contribution in [3.63, 3.8) is 0 Å². The molecule has 2 rings (SSSR count). The summed E-state index contributed by atoms with van der Waals surface area (Å²) < 4.78 is 25.8. The van der Waals surface area contributed by atoms with Gasteiger partial charge in [-0.2, -0.15) is 0 Å². The summed E-state index contributed by atoms with van der Waals surface area (Å²) in [7, 11) is -3.59. The summed E-state index contributed by atoms with van der Waals surface area (Å²) >= 11 is 0. The molecule has 1 amide bonds. The summed E-state index contributed by atoms with van der Waals surface area (Å²) in [6.45, 7) is 10.00. The molecule has 0 radical (unpaired) electrons. The van der Waals surface area contributed by atoms with E-state index < -0.39 is 10.0 Å². The summed E-state index contributed by atoms with van der Waals surface area (Å²) in [5, 5.41) is 2.99. The molecule has 1 unspecified atom stereocenters. The first-order valence-electron chi connectivity index (χ1n) is 9.97. The SMILES string of the molecule is CCC(NC(=O)CN(c1ccc(C(C)C)cc1)S(C)(=O)=O)c1ccc(C)c(C)c1. The lowest BCUT2D eigenvalue weighted by molar-refractivity contribution is -0.120. The summed E-state index contributed by atoms with van der Waals surface area (Å²) in [5.41, 5.74) is 5.00. The Morgan fingerprint density at radius 1 is 1.00 bits per heavy atom. The number of anilines is 1. The molecular weight excluding hydrogens is 384 g/mol. The zero-order valence-corrected chi connectivity index (χ0v) is 19.0. The number of hydrogen-bond donors (Lipinski definition) is 1. The van der Waals surface area contributed by atoms with Crippen LogP contribution < -0.4 is 9.62 Å². The van der Waals surface area contributed by atoms with Crippen molar-refractivity contribution >= 4 is 21.6 Å². The molecule has 0 aromatic heterocycles. The van der Waals surface area contributed by atoms with Crippen molar-refractivity contribution in [3.8, 4) is 0 Å². The molecule has 2 aromatic rings. The molecule has 0 saturated heterocycles. The minimum Gasteiger partial charge on any atom is -0.348 e. The number of hydrogen-bond acceptors (Lipinski definition) is 3. The lowest BCUT2D eigenvalue weighted by Gasteiger charge is -2.24. The Morgan fingerprint density at radius 3 is 2.07 bits per heavy atom. The molecule has 0 fully saturated rings. The van der Waals surface area contributed by atoms with Crippen LogP contribution in [0, 0.1) is 13.8 Å². The second-order valence-electron chi connectivity index (χ2n) is 7.89. The molecule has 0 heterocycles. The third-order valence-corrected chi connectivity index (χ3v) is 6.35. The number of benzene rings is 2. The van der Waals surface area contributed by atoms with Crippen LogP contribution in [0.2, 0.25) is 0 Å². The first-order valence-corrected chi connectivity index (χ1v) is 11.8. The molecule has 1 atom stereocenters. The van der Waals surface area contributed by atoms with Crippen molar-refractivity contribution in [2.75, 3.05) is 17.1 Å². The molecule has 1 N–H and O–H groups in total. The Balaban J connectivity index is 2.20. The average Bonchev–Trinajstić information content (AvgIpc) is 2.65. The van der Waals surface area contributed by atoms with E-state index in [0.717, 1.165) is 28.1 Å². The molecule has 0 spiro atoms. The molecule has 6 heteroatoms. The first-order chi connectivity index (χ1) is 13.5. The van der Waals surface area contributed by atoms with Gasteiger partial charge in [0.15, 0.2) is 0 Å². The molecule has 0 saturated carbocycles. The fourth-order valence-electron chi connectivity index (χ4n) is 3.20. The summed E-state index contributed by atoms with van der Waals surface area (Å²) in [6, 6.07) is 13.3. The quantitative estimate of drug-likeness (QED) is 0.691. The highest BCUT2D eigenvalue weighted by atomic mass is 32.2. The Hall–Kier alpha value is -2.34. The van der Waals surface area contributed by atoms with Crippen molar-refractivity contribution < 1.29 is 13.2 Å². The van der Waals surface area contributed by atoms with E-state index in [4.69, 9.17) is 0 Å². The highest BCUT2D eigenvalue weighted by molar-refractivity contribution is 7.92. The minimum absolute atomic E-state index is 0.161. The van der Waals surface area contributed by atoms with Crippen LogP contribution >= 0.6 is 0 Å². The van der Waals surface area contributed by atoms with Gasteiger partial charge in [-0.15, -0.1) is 0 Å². The average molecular weight is 417 g/mol. The van der Waals surface area contributed by atoms with Gasteiger partial charge in [-0.05, 0) is 60.6 Å². The van der Waals surface area contributed by atoms with Gasteiger partial charge in [-0.1, -0.05) is 51.1 Å². The first kappa shape index (κ1) is 22.9. The highest BCUT2D eigenvalue weighted by Crippen LogP contribution is 2.23. The van der Waals surface area contributed by atoms with Crippen LogP contribution in [0.5, 0.6) is 0 Å². The largest absolute Gasteiger partial charge is 0.348 e. The van der Waals surface area contributed by atoms with E-state index in [0.29, 0.717) is 11.6 Å². The van der Waals surface area contributed by atoms with Crippen LogP contribution in [0.25, 0.3) is 0 Å². The maximum atomic E-state index is 12.7. The normalized spacial score (nSPS) is 12.7. The van der Waals surface area contributed by atoms with E-state index in [2.05, 4.69) is 25.2 Å². The number of nitrogens with zero attached hydrogens (tertiary/aromatic N) is 1. The van der Waals surface area contributed by atoms with E-state index in [-0.39, 0.29) is 18.5 Å². The predicted octanol–water partition coefficient (Wildman–Crippen LogP) is 4.46. The third-order valence-electron chi connectivity index (χ3n) is 5.21. The number of nitrogens with one attached hydrogen (secondary N) is 1. The van der Waals surface area contributed by atoms with Crippen LogP contribution in [0.3, 0.4) is 0 Å². The maximum Gasteiger partial charge on any atom is 0.241 e. The zero-order valence-electron chi connectivity index (χ0n) is 18.2. The van der Waals surface area contributed by atoms with E-state index in [1.165, 1.54) is 11.1 Å².